The van der Waals surface area contributed by atoms with E-state index in [2.05, 4.69) is 54.6 Å². The fourth-order valence-corrected chi connectivity index (χ4v) is 3.65. The van der Waals surface area contributed by atoms with Crippen molar-refractivity contribution in [3.05, 3.63) is 108 Å². The molecular formula is C24H22N2O. The topological polar surface area (TPSA) is 25.2 Å². The van der Waals surface area contributed by atoms with Crippen molar-refractivity contribution in [2.24, 2.45) is 0 Å². The van der Waals surface area contributed by atoms with Crippen LogP contribution in [0.25, 0.3) is 10.9 Å². The molecule has 0 saturated carbocycles. The van der Waals surface area contributed by atoms with Crippen molar-refractivity contribution in [2.45, 2.75) is 5.92 Å². The Balaban J connectivity index is 1.99. The second-order valence-electron chi connectivity index (χ2n) is 6.90. The number of amides is 1. The number of para-hydroxylation sites is 1. The summed E-state index contributed by atoms with van der Waals surface area (Å²) in [5.41, 5.74) is 4.49. The van der Waals surface area contributed by atoms with Crippen LogP contribution in [0.2, 0.25) is 0 Å². The van der Waals surface area contributed by atoms with E-state index in [1.54, 1.807) is 23.6 Å². The Bertz CT molecular complexity index is 1030. The van der Waals surface area contributed by atoms with E-state index in [-0.39, 0.29) is 11.9 Å². The lowest BCUT2D eigenvalue weighted by molar-refractivity contribution is 0.220. The highest BCUT2D eigenvalue weighted by atomic mass is 16.2. The van der Waals surface area contributed by atoms with Gasteiger partial charge < -0.3 is 4.90 Å². The number of hydrogen-bond donors (Lipinski definition) is 0. The van der Waals surface area contributed by atoms with Crippen LogP contribution >= 0.6 is 0 Å². The number of benzene rings is 3. The van der Waals surface area contributed by atoms with Gasteiger partial charge >= 0.3 is 6.03 Å². The quantitative estimate of drug-likeness (QED) is 0.487. The maximum absolute atomic E-state index is 12.8. The summed E-state index contributed by atoms with van der Waals surface area (Å²) in [5.74, 6) is 0.0634. The maximum Gasteiger partial charge on any atom is 0.328 e. The highest BCUT2D eigenvalue weighted by Gasteiger charge is 2.23. The summed E-state index contributed by atoms with van der Waals surface area (Å²) in [6, 6.07) is 29.0. The summed E-state index contributed by atoms with van der Waals surface area (Å²) in [6.07, 6.45) is 2.00. The minimum absolute atomic E-state index is 0.0441. The van der Waals surface area contributed by atoms with Gasteiger partial charge in [-0.05, 0) is 22.8 Å². The molecule has 0 aliphatic heterocycles. The first kappa shape index (κ1) is 17.1. The van der Waals surface area contributed by atoms with Gasteiger partial charge in [-0.2, -0.15) is 0 Å². The average molecular weight is 354 g/mol. The van der Waals surface area contributed by atoms with Crippen molar-refractivity contribution in [1.29, 1.82) is 0 Å². The highest BCUT2D eigenvalue weighted by Crippen LogP contribution is 2.37. The van der Waals surface area contributed by atoms with Crippen LogP contribution in [-0.2, 0) is 0 Å². The van der Waals surface area contributed by atoms with Crippen LogP contribution in [0.3, 0.4) is 0 Å². The van der Waals surface area contributed by atoms with E-state index in [1.165, 1.54) is 11.1 Å². The van der Waals surface area contributed by atoms with E-state index in [0.717, 1.165) is 16.5 Å². The summed E-state index contributed by atoms with van der Waals surface area (Å²) < 4.78 is 1.75. The summed E-state index contributed by atoms with van der Waals surface area (Å²) in [5, 5.41) is 1.10. The van der Waals surface area contributed by atoms with Crippen LogP contribution in [0.5, 0.6) is 0 Å². The third-order valence-electron chi connectivity index (χ3n) is 4.91. The van der Waals surface area contributed by atoms with Crippen LogP contribution in [0.15, 0.2) is 91.1 Å². The molecule has 0 spiro atoms. The molecule has 4 aromatic rings. The van der Waals surface area contributed by atoms with Gasteiger partial charge in [-0.25, -0.2) is 4.79 Å². The van der Waals surface area contributed by atoms with Gasteiger partial charge in [0.25, 0.3) is 0 Å². The van der Waals surface area contributed by atoms with Crippen LogP contribution in [0.1, 0.15) is 22.6 Å². The molecule has 3 heteroatoms. The number of aromatic nitrogens is 1. The van der Waals surface area contributed by atoms with Gasteiger partial charge in [-0.3, -0.25) is 4.57 Å². The normalized spacial score (nSPS) is 11.1. The lowest BCUT2D eigenvalue weighted by Gasteiger charge is -2.18. The number of hydrogen-bond acceptors (Lipinski definition) is 1. The molecule has 1 heterocycles. The lowest BCUT2D eigenvalue weighted by Crippen LogP contribution is -2.26. The molecule has 3 nitrogen and oxygen atoms in total. The van der Waals surface area contributed by atoms with E-state index in [0.29, 0.717) is 0 Å². The molecule has 0 N–H and O–H groups in total. The van der Waals surface area contributed by atoms with Gasteiger partial charge in [-0.1, -0.05) is 78.9 Å². The molecule has 27 heavy (non-hydrogen) atoms. The van der Waals surface area contributed by atoms with E-state index in [4.69, 9.17) is 0 Å². The van der Waals surface area contributed by atoms with Crippen molar-refractivity contribution in [3.63, 3.8) is 0 Å². The molecule has 0 aliphatic carbocycles. The Morgan fingerprint density at radius 3 is 1.85 bits per heavy atom. The summed E-state index contributed by atoms with van der Waals surface area (Å²) in [6.45, 7) is 0. The summed E-state index contributed by atoms with van der Waals surface area (Å²) in [7, 11) is 3.56. The number of nitrogens with zero attached hydrogens (tertiary/aromatic N) is 2. The molecule has 0 unspecified atom stereocenters. The van der Waals surface area contributed by atoms with Crippen LogP contribution in [0.4, 0.5) is 4.79 Å². The Morgan fingerprint density at radius 1 is 0.778 bits per heavy atom. The number of rotatable bonds is 3. The van der Waals surface area contributed by atoms with Crippen LogP contribution in [-0.4, -0.2) is 29.6 Å². The molecule has 4 rings (SSSR count). The van der Waals surface area contributed by atoms with E-state index in [9.17, 15) is 4.79 Å². The first-order valence-electron chi connectivity index (χ1n) is 9.08. The number of fused-ring (bicyclic) bond motifs is 1. The minimum atomic E-state index is -0.0441. The molecule has 0 saturated heterocycles. The third-order valence-corrected chi connectivity index (χ3v) is 4.91. The molecule has 0 fully saturated rings. The van der Waals surface area contributed by atoms with Gasteiger partial charge in [0.2, 0.25) is 0 Å². The lowest BCUT2D eigenvalue weighted by atomic mass is 9.85. The zero-order valence-corrected chi connectivity index (χ0v) is 15.5. The van der Waals surface area contributed by atoms with Crippen molar-refractivity contribution in [2.75, 3.05) is 14.1 Å². The SMILES string of the molecule is CN(C)C(=O)n1cc(C(c2ccccc2)c2ccccc2)c2ccccc21. The monoisotopic (exact) mass is 354 g/mol. The first-order valence-corrected chi connectivity index (χ1v) is 9.08. The molecule has 0 bridgehead atoms. The minimum Gasteiger partial charge on any atom is -0.330 e. The maximum atomic E-state index is 12.8. The molecule has 0 radical (unpaired) electrons. The summed E-state index contributed by atoms with van der Waals surface area (Å²) in [4.78, 5) is 14.4. The van der Waals surface area contributed by atoms with Crippen molar-refractivity contribution < 1.29 is 4.79 Å². The van der Waals surface area contributed by atoms with Gasteiger partial charge in [0.1, 0.15) is 0 Å². The van der Waals surface area contributed by atoms with Gasteiger partial charge in [0.05, 0.1) is 5.52 Å². The largest absolute Gasteiger partial charge is 0.330 e. The molecule has 3 aromatic carbocycles. The van der Waals surface area contributed by atoms with Crippen molar-refractivity contribution >= 4 is 16.9 Å². The highest BCUT2D eigenvalue weighted by molar-refractivity contribution is 5.94. The third kappa shape index (κ3) is 3.13. The van der Waals surface area contributed by atoms with E-state index >= 15 is 0 Å². The van der Waals surface area contributed by atoms with Gasteiger partial charge in [0, 0.05) is 31.6 Å². The second kappa shape index (κ2) is 7.12. The van der Waals surface area contributed by atoms with Crippen LogP contribution < -0.4 is 0 Å². The smallest absolute Gasteiger partial charge is 0.328 e. The standard InChI is InChI=1S/C24H22N2O/c1-25(2)24(27)26-17-21(20-15-9-10-16-22(20)26)23(18-11-5-3-6-12-18)19-13-7-4-8-14-19/h3-17,23H,1-2H3. The van der Waals surface area contributed by atoms with E-state index < -0.39 is 0 Å². The molecule has 1 aromatic heterocycles. The Kier molecular flexibility index (Phi) is 4.51. The Morgan fingerprint density at radius 2 is 1.30 bits per heavy atom. The zero-order chi connectivity index (χ0) is 18.8. The fraction of sp³-hybridized carbons (Fsp3) is 0.125. The van der Waals surface area contributed by atoms with Crippen molar-refractivity contribution in [1.82, 2.24) is 9.47 Å². The van der Waals surface area contributed by atoms with Gasteiger partial charge in [0.15, 0.2) is 0 Å². The number of carbonyl (C=O) groups excluding carboxylic acids is 1. The van der Waals surface area contributed by atoms with Crippen molar-refractivity contribution in [3.8, 4) is 0 Å². The predicted octanol–water partition coefficient (Wildman–Crippen LogP) is 5.35. The Hall–Kier alpha value is -3.33. The average Bonchev–Trinajstić information content (AvgIpc) is 3.09. The molecule has 134 valence electrons. The molecule has 1 amide bonds. The number of carbonyl (C=O) groups is 1. The predicted molar refractivity (Wildman–Crippen MR) is 110 cm³/mol. The summed E-state index contributed by atoms with van der Waals surface area (Å²) >= 11 is 0. The second-order valence-corrected chi connectivity index (χ2v) is 6.90. The zero-order valence-electron chi connectivity index (χ0n) is 15.5. The fourth-order valence-electron chi connectivity index (χ4n) is 3.65. The first-order chi connectivity index (χ1) is 13.2. The van der Waals surface area contributed by atoms with Crippen LogP contribution in [0, 0.1) is 0 Å². The molecular weight excluding hydrogens is 332 g/mol. The molecule has 0 atom stereocenters. The Labute approximate surface area is 159 Å². The van der Waals surface area contributed by atoms with Gasteiger partial charge in [-0.15, -0.1) is 0 Å². The van der Waals surface area contributed by atoms with E-state index in [1.807, 2.05) is 36.5 Å². The molecule has 0 aliphatic rings.